The zero-order chi connectivity index (χ0) is 15.3. The summed E-state index contributed by atoms with van der Waals surface area (Å²) in [5, 5.41) is 10.7. The molecule has 3 N–H and O–H groups in total. The van der Waals surface area contributed by atoms with E-state index in [4.69, 9.17) is 5.84 Å². The summed E-state index contributed by atoms with van der Waals surface area (Å²) in [6.07, 6.45) is 1.87. The van der Waals surface area contributed by atoms with Crippen molar-refractivity contribution >= 4 is 33.2 Å². The van der Waals surface area contributed by atoms with Crippen LogP contribution in [0.1, 0.15) is 0 Å². The maximum atomic E-state index is 12.4. The van der Waals surface area contributed by atoms with Crippen LogP contribution < -0.4 is 11.3 Å². The molecule has 1 rings (SSSR count). The third-order valence-electron chi connectivity index (χ3n) is 2.63. The molecule has 0 aliphatic heterocycles. The molecule has 0 saturated heterocycles. The Labute approximate surface area is 121 Å². The normalized spacial score (nSPS) is 11.6. The van der Waals surface area contributed by atoms with Gasteiger partial charge in [0, 0.05) is 31.5 Å². The fourth-order valence-electron chi connectivity index (χ4n) is 1.48. The number of anilines is 1. The van der Waals surface area contributed by atoms with Gasteiger partial charge in [0.15, 0.2) is 0 Å². The molecule has 0 amide bonds. The van der Waals surface area contributed by atoms with Gasteiger partial charge in [0.1, 0.15) is 4.90 Å². The number of nitro groups is 1. The van der Waals surface area contributed by atoms with Crippen molar-refractivity contribution in [3.8, 4) is 0 Å². The molecule has 1 aromatic carbocycles. The highest BCUT2D eigenvalue weighted by atomic mass is 32.2. The molecule has 112 valence electrons. The van der Waals surface area contributed by atoms with E-state index in [0.717, 1.165) is 12.1 Å². The van der Waals surface area contributed by atoms with Crippen molar-refractivity contribution in [2.45, 2.75) is 4.90 Å². The van der Waals surface area contributed by atoms with Crippen molar-refractivity contribution in [2.24, 2.45) is 5.84 Å². The minimum Gasteiger partial charge on any atom is -0.323 e. The summed E-state index contributed by atoms with van der Waals surface area (Å²) in [4.78, 5) is 9.97. The molecule has 0 unspecified atom stereocenters. The van der Waals surface area contributed by atoms with Gasteiger partial charge in [0.05, 0.1) is 10.6 Å². The zero-order valence-corrected chi connectivity index (χ0v) is 12.7. The fourth-order valence-corrected chi connectivity index (χ4v) is 3.35. The topological polar surface area (TPSA) is 119 Å². The first-order chi connectivity index (χ1) is 9.34. The number of hydrogen-bond acceptors (Lipinski definition) is 7. The third kappa shape index (κ3) is 3.60. The second-order valence-electron chi connectivity index (χ2n) is 3.90. The minimum absolute atomic E-state index is 0.00444. The summed E-state index contributed by atoms with van der Waals surface area (Å²) in [6, 6.07) is 3.41. The van der Waals surface area contributed by atoms with Crippen LogP contribution in [0.3, 0.4) is 0 Å². The number of nitrogens with zero attached hydrogens (tertiary/aromatic N) is 2. The monoisotopic (exact) mass is 320 g/mol. The van der Waals surface area contributed by atoms with Gasteiger partial charge in [-0.05, 0) is 12.3 Å². The second-order valence-corrected chi connectivity index (χ2v) is 6.90. The number of thioether (sulfide) groups is 1. The van der Waals surface area contributed by atoms with Gasteiger partial charge in [0.2, 0.25) is 10.0 Å². The molecular weight excluding hydrogens is 304 g/mol. The molecular formula is C10H16N4O4S2. The molecule has 0 radical (unpaired) electrons. The molecule has 0 aliphatic carbocycles. The Bertz CT molecular complexity index is 591. The Hall–Kier alpha value is -1.36. The van der Waals surface area contributed by atoms with Gasteiger partial charge in [-0.15, -0.1) is 0 Å². The number of hydrazine groups is 1. The van der Waals surface area contributed by atoms with Crippen LogP contribution in [0.5, 0.6) is 0 Å². The Kier molecular flexibility index (Phi) is 5.74. The Morgan fingerprint density at radius 3 is 2.65 bits per heavy atom. The quantitative estimate of drug-likeness (QED) is 0.434. The van der Waals surface area contributed by atoms with Crippen LogP contribution in [-0.2, 0) is 10.0 Å². The molecule has 0 bridgehead atoms. The predicted octanol–water partition coefficient (Wildman–Crippen LogP) is 0.864. The molecule has 0 aliphatic rings. The largest absolute Gasteiger partial charge is 0.323 e. The van der Waals surface area contributed by atoms with Crippen molar-refractivity contribution in [3.05, 3.63) is 28.3 Å². The lowest BCUT2D eigenvalue weighted by Gasteiger charge is -2.18. The third-order valence-corrected chi connectivity index (χ3v) is 5.13. The number of rotatable bonds is 7. The van der Waals surface area contributed by atoms with E-state index in [2.05, 4.69) is 5.43 Å². The van der Waals surface area contributed by atoms with Crippen molar-refractivity contribution < 1.29 is 13.3 Å². The molecule has 8 nitrogen and oxygen atoms in total. The van der Waals surface area contributed by atoms with Crippen LogP contribution in [0, 0.1) is 10.1 Å². The smallest absolute Gasteiger partial charge is 0.271 e. The van der Waals surface area contributed by atoms with E-state index >= 15 is 0 Å². The van der Waals surface area contributed by atoms with Gasteiger partial charge in [-0.3, -0.25) is 16.0 Å². The van der Waals surface area contributed by atoms with Crippen molar-refractivity contribution in [2.75, 3.05) is 31.0 Å². The number of benzene rings is 1. The highest BCUT2D eigenvalue weighted by Crippen LogP contribution is 2.27. The highest BCUT2D eigenvalue weighted by molar-refractivity contribution is 7.98. The average Bonchev–Trinajstić information content (AvgIpc) is 2.43. The molecule has 0 heterocycles. The van der Waals surface area contributed by atoms with Gasteiger partial charge < -0.3 is 5.43 Å². The van der Waals surface area contributed by atoms with Crippen LogP contribution in [0.4, 0.5) is 11.4 Å². The van der Waals surface area contributed by atoms with Gasteiger partial charge in [0.25, 0.3) is 5.69 Å². The van der Waals surface area contributed by atoms with Crippen LogP contribution >= 0.6 is 11.8 Å². The SMILES string of the molecule is CSCCN(C)S(=O)(=O)c1ccc([N+](=O)[O-])cc1NN. The first kappa shape index (κ1) is 16.7. The molecule has 0 atom stereocenters. The molecule has 1 aromatic rings. The Morgan fingerprint density at radius 1 is 1.50 bits per heavy atom. The lowest BCUT2D eigenvalue weighted by atomic mass is 10.3. The van der Waals surface area contributed by atoms with Gasteiger partial charge in [-0.25, -0.2) is 12.7 Å². The van der Waals surface area contributed by atoms with Crippen molar-refractivity contribution in [1.29, 1.82) is 0 Å². The van der Waals surface area contributed by atoms with E-state index in [1.807, 2.05) is 6.26 Å². The predicted molar refractivity (Wildman–Crippen MR) is 79.1 cm³/mol. The van der Waals surface area contributed by atoms with Crippen LogP contribution in [-0.4, -0.2) is 43.2 Å². The standard InChI is InChI=1S/C10H16N4O4S2/c1-13(5-6-19-2)20(17,18)10-4-3-8(14(15)16)7-9(10)12-11/h3-4,7,12H,5-6,11H2,1-2H3. The Balaban J connectivity index is 3.21. The number of nitrogens with one attached hydrogen (secondary N) is 1. The number of non-ortho nitro benzene ring substituents is 1. The van der Waals surface area contributed by atoms with Crippen LogP contribution in [0.2, 0.25) is 0 Å². The van der Waals surface area contributed by atoms with E-state index in [9.17, 15) is 18.5 Å². The average molecular weight is 320 g/mol. The van der Waals surface area contributed by atoms with Crippen LogP contribution in [0.25, 0.3) is 0 Å². The van der Waals surface area contributed by atoms with E-state index in [1.54, 1.807) is 0 Å². The molecule has 20 heavy (non-hydrogen) atoms. The summed E-state index contributed by atoms with van der Waals surface area (Å²) in [5.74, 6) is 5.90. The first-order valence-corrected chi connectivity index (χ1v) is 8.38. The van der Waals surface area contributed by atoms with E-state index in [-0.39, 0.29) is 16.3 Å². The summed E-state index contributed by atoms with van der Waals surface area (Å²) < 4.78 is 25.9. The lowest BCUT2D eigenvalue weighted by Crippen LogP contribution is -2.30. The Morgan fingerprint density at radius 2 is 2.15 bits per heavy atom. The van der Waals surface area contributed by atoms with E-state index in [1.165, 1.54) is 29.2 Å². The number of nitro benzene ring substituents is 1. The second kappa shape index (κ2) is 6.88. The fraction of sp³-hybridized carbons (Fsp3) is 0.400. The zero-order valence-electron chi connectivity index (χ0n) is 11.1. The van der Waals surface area contributed by atoms with E-state index in [0.29, 0.717) is 12.3 Å². The summed E-state index contributed by atoms with van der Waals surface area (Å²) >= 11 is 1.52. The lowest BCUT2D eigenvalue weighted by molar-refractivity contribution is -0.384. The summed E-state index contributed by atoms with van der Waals surface area (Å²) in [7, 11) is -2.29. The molecule has 0 fully saturated rings. The molecule has 0 aromatic heterocycles. The molecule has 0 spiro atoms. The van der Waals surface area contributed by atoms with Crippen molar-refractivity contribution in [1.82, 2.24) is 4.31 Å². The molecule has 0 saturated carbocycles. The van der Waals surface area contributed by atoms with Crippen molar-refractivity contribution in [3.63, 3.8) is 0 Å². The summed E-state index contributed by atoms with van der Waals surface area (Å²) in [6.45, 7) is 0.338. The number of nitrogens with two attached hydrogens (primary N) is 1. The molecule has 10 heteroatoms. The van der Waals surface area contributed by atoms with Gasteiger partial charge >= 0.3 is 0 Å². The highest BCUT2D eigenvalue weighted by Gasteiger charge is 2.25. The maximum Gasteiger partial charge on any atom is 0.271 e. The van der Waals surface area contributed by atoms with Gasteiger partial charge in [-0.2, -0.15) is 11.8 Å². The first-order valence-electron chi connectivity index (χ1n) is 5.55. The van der Waals surface area contributed by atoms with Crippen LogP contribution in [0.15, 0.2) is 23.1 Å². The maximum absolute atomic E-state index is 12.4. The number of sulfonamides is 1. The number of hydrogen-bond donors (Lipinski definition) is 2. The number of nitrogen functional groups attached to an aromatic ring is 1. The van der Waals surface area contributed by atoms with Gasteiger partial charge in [-0.1, -0.05) is 0 Å². The summed E-state index contributed by atoms with van der Waals surface area (Å²) in [5.41, 5.74) is 1.96. The minimum atomic E-state index is -3.74. The van der Waals surface area contributed by atoms with E-state index < -0.39 is 14.9 Å².